The number of anilines is 1. The number of nitrogens with one attached hydrogen (secondary N) is 1. The van der Waals surface area contributed by atoms with Crippen LogP contribution in [0.3, 0.4) is 0 Å². The number of hydrogen-bond acceptors (Lipinski definition) is 5. The molecular weight excluding hydrogens is 214 g/mol. The SMILES string of the molecule is CC(Nc1cnc(C#N)cn1)c1ccccn1. The Morgan fingerprint density at radius 3 is 2.71 bits per heavy atom. The van der Waals surface area contributed by atoms with Crippen molar-refractivity contribution in [2.24, 2.45) is 0 Å². The minimum Gasteiger partial charge on any atom is -0.361 e. The minimum atomic E-state index is 0.0402. The van der Waals surface area contributed by atoms with E-state index in [1.807, 2.05) is 31.2 Å². The first-order valence-electron chi connectivity index (χ1n) is 5.19. The quantitative estimate of drug-likeness (QED) is 0.863. The van der Waals surface area contributed by atoms with Gasteiger partial charge in [-0.15, -0.1) is 0 Å². The first-order valence-corrected chi connectivity index (χ1v) is 5.19. The molecule has 0 amide bonds. The predicted octanol–water partition coefficient (Wildman–Crippen LogP) is 1.92. The maximum absolute atomic E-state index is 8.61. The van der Waals surface area contributed by atoms with Gasteiger partial charge in [-0.05, 0) is 19.1 Å². The van der Waals surface area contributed by atoms with Crippen LogP contribution in [0.4, 0.5) is 5.82 Å². The lowest BCUT2D eigenvalue weighted by Crippen LogP contribution is -2.09. The predicted molar refractivity (Wildman–Crippen MR) is 63.0 cm³/mol. The summed E-state index contributed by atoms with van der Waals surface area (Å²) in [6, 6.07) is 7.71. The Labute approximate surface area is 99.2 Å². The average Bonchev–Trinajstić information content (AvgIpc) is 2.40. The van der Waals surface area contributed by atoms with E-state index in [1.54, 1.807) is 6.20 Å². The zero-order valence-corrected chi connectivity index (χ0v) is 9.33. The van der Waals surface area contributed by atoms with E-state index in [1.165, 1.54) is 12.4 Å². The zero-order valence-electron chi connectivity index (χ0n) is 9.33. The van der Waals surface area contributed by atoms with Crippen LogP contribution in [0.2, 0.25) is 0 Å². The maximum Gasteiger partial charge on any atom is 0.158 e. The van der Waals surface area contributed by atoms with Crippen LogP contribution in [0.25, 0.3) is 0 Å². The molecule has 84 valence electrons. The van der Waals surface area contributed by atoms with Crippen LogP contribution in [-0.4, -0.2) is 15.0 Å². The van der Waals surface area contributed by atoms with E-state index in [9.17, 15) is 0 Å². The van der Waals surface area contributed by atoms with E-state index in [-0.39, 0.29) is 6.04 Å². The lowest BCUT2D eigenvalue weighted by molar-refractivity contribution is 0.829. The van der Waals surface area contributed by atoms with Crippen molar-refractivity contribution in [3.05, 3.63) is 48.2 Å². The van der Waals surface area contributed by atoms with Gasteiger partial charge in [-0.3, -0.25) is 4.98 Å². The van der Waals surface area contributed by atoms with Gasteiger partial charge < -0.3 is 5.32 Å². The van der Waals surface area contributed by atoms with E-state index in [0.29, 0.717) is 11.5 Å². The Morgan fingerprint density at radius 2 is 2.12 bits per heavy atom. The summed E-state index contributed by atoms with van der Waals surface area (Å²) < 4.78 is 0. The zero-order chi connectivity index (χ0) is 12.1. The Morgan fingerprint density at radius 1 is 1.24 bits per heavy atom. The third-order valence-electron chi connectivity index (χ3n) is 2.26. The molecule has 0 aliphatic carbocycles. The molecule has 1 N–H and O–H groups in total. The molecule has 0 radical (unpaired) electrons. The maximum atomic E-state index is 8.61. The molecule has 0 aliphatic rings. The van der Waals surface area contributed by atoms with Crippen LogP contribution in [0.1, 0.15) is 24.4 Å². The summed E-state index contributed by atoms with van der Waals surface area (Å²) in [5, 5.41) is 11.8. The van der Waals surface area contributed by atoms with Crippen LogP contribution in [-0.2, 0) is 0 Å². The third kappa shape index (κ3) is 2.75. The first kappa shape index (κ1) is 11.0. The van der Waals surface area contributed by atoms with Crippen LogP contribution in [0, 0.1) is 11.3 Å². The van der Waals surface area contributed by atoms with Crippen LogP contribution in [0.5, 0.6) is 0 Å². The number of aromatic nitrogens is 3. The van der Waals surface area contributed by atoms with E-state index >= 15 is 0 Å². The molecule has 0 fully saturated rings. The monoisotopic (exact) mass is 225 g/mol. The number of nitriles is 1. The summed E-state index contributed by atoms with van der Waals surface area (Å²) in [4.78, 5) is 12.3. The topological polar surface area (TPSA) is 74.5 Å². The molecule has 0 spiro atoms. The Hall–Kier alpha value is -2.48. The second-order valence-electron chi connectivity index (χ2n) is 3.52. The molecule has 2 rings (SSSR count). The lowest BCUT2D eigenvalue weighted by Gasteiger charge is -2.13. The summed E-state index contributed by atoms with van der Waals surface area (Å²) >= 11 is 0. The summed E-state index contributed by atoms with van der Waals surface area (Å²) in [6.07, 6.45) is 4.73. The van der Waals surface area contributed by atoms with Crippen molar-refractivity contribution in [2.45, 2.75) is 13.0 Å². The fraction of sp³-hybridized carbons (Fsp3) is 0.167. The van der Waals surface area contributed by atoms with Crippen molar-refractivity contribution in [3.8, 4) is 6.07 Å². The van der Waals surface area contributed by atoms with Gasteiger partial charge in [0.1, 0.15) is 11.9 Å². The van der Waals surface area contributed by atoms with Gasteiger partial charge in [0.05, 0.1) is 24.1 Å². The van der Waals surface area contributed by atoms with Crippen molar-refractivity contribution in [1.29, 1.82) is 5.26 Å². The molecule has 0 bridgehead atoms. The minimum absolute atomic E-state index is 0.0402. The molecule has 2 aromatic rings. The van der Waals surface area contributed by atoms with Gasteiger partial charge in [0.15, 0.2) is 5.69 Å². The van der Waals surface area contributed by atoms with Gasteiger partial charge in [-0.2, -0.15) is 5.26 Å². The van der Waals surface area contributed by atoms with Crippen LogP contribution >= 0.6 is 0 Å². The fourth-order valence-corrected chi connectivity index (χ4v) is 1.39. The van der Waals surface area contributed by atoms with Gasteiger partial charge in [-0.25, -0.2) is 9.97 Å². The van der Waals surface area contributed by atoms with Crippen molar-refractivity contribution in [3.63, 3.8) is 0 Å². The van der Waals surface area contributed by atoms with E-state index in [2.05, 4.69) is 20.3 Å². The molecule has 5 nitrogen and oxygen atoms in total. The highest BCUT2D eigenvalue weighted by atomic mass is 15.0. The number of hydrogen-bond donors (Lipinski definition) is 1. The van der Waals surface area contributed by atoms with Crippen LogP contribution < -0.4 is 5.32 Å². The summed E-state index contributed by atoms with van der Waals surface area (Å²) in [6.45, 7) is 1.99. The van der Waals surface area contributed by atoms with E-state index in [4.69, 9.17) is 5.26 Å². The smallest absolute Gasteiger partial charge is 0.158 e. The van der Waals surface area contributed by atoms with Gasteiger partial charge in [0.25, 0.3) is 0 Å². The molecule has 5 heteroatoms. The lowest BCUT2D eigenvalue weighted by atomic mass is 10.2. The first-order chi connectivity index (χ1) is 8.29. The normalized spacial score (nSPS) is 11.5. The van der Waals surface area contributed by atoms with Gasteiger partial charge in [0, 0.05) is 6.20 Å². The standard InChI is InChI=1S/C12H11N5/c1-9(11-4-2-3-5-14-11)17-12-8-15-10(6-13)7-16-12/h2-5,7-9H,1H3,(H,16,17). The summed E-state index contributed by atoms with van der Waals surface area (Å²) in [7, 11) is 0. The second kappa shape index (κ2) is 5.03. The number of pyridine rings is 1. The Kier molecular flexibility index (Phi) is 3.26. The highest BCUT2D eigenvalue weighted by Gasteiger charge is 2.06. The third-order valence-corrected chi connectivity index (χ3v) is 2.26. The van der Waals surface area contributed by atoms with E-state index < -0.39 is 0 Å². The van der Waals surface area contributed by atoms with Crippen molar-refractivity contribution in [2.75, 3.05) is 5.32 Å². The highest BCUT2D eigenvalue weighted by molar-refractivity contribution is 5.35. The fourth-order valence-electron chi connectivity index (χ4n) is 1.39. The number of rotatable bonds is 3. The molecule has 0 aromatic carbocycles. The largest absolute Gasteiger partial charge is 0.361 e. The molecule has 0 saturated heterocycles. The average molecular weight is 225 g/mol. The Balaban J connectivity index is 2.08. The summed E-state index contributed by atoms with van der Waals surface area (Å²) in [5.41, 5.74) is 1.24. The van der Waals surface area contributed by atoms with Crippen molar-refractivity contribution >= 4 is 5.82 Å². The molecular formula is C12H11N5. The van der Waals surface area contributed by atoms with Crippen LogP contribution in [0.15, 0.2) is 36.8 Å². The van der Waals surface area contributed by atoms with Gasteiger partial charge in [-0.1, -0.05) is 6.07 Å². The molecule has 1 atom stereocenters. The summed E-state index contributed by atoms with van der Waals surface area (Å²) in [5.74, 6) is 0.627. The van der Waals surface area contributed by atoms with Gasteiger partial charge >= 0.3 is 0 Å². The number of nitrogens with zero attached hydrogens (tertiary/aromatic N) is 4. The molecule has 0 aliphatic heterocycles. The van der Waals surface area contributed by atoms with Crippen molar-refractivity contribution < 1.29 is 0 Å². The molecule has 17 heavy (non-hydrogen) atoms. The Bertz CT molecular complexity index is 515. The molecule has 2 heterocycles. The second-order valence-corrected chi connectivity index (χ2v) is 3.52. The van der Waals surface area contributed by atoms with Gasteiger partial charge in [0.2, 0.25) is 0 Å². The van der Waals surface area contributed by atoms with Crippen molar-refractivity contribution in [1.82, 2.24) is 15.0 Å². The molecule has 1 unspecified atom stereocenters. The van der Waals surface area contributed by atoms with E-state index in [0.717, 1.165) is 5.69 Å². The molecule has 0 saturated carbocycles. The highest BCUT2D eigenvalue weighted by Crippen LogP contribution is 2.14. The molecule has 2 aromatic heterocycles.